The van der Waals surface area contributed by atoms with E-state index in [4.69, 9.17) is 14.7 Å². The third-order valence-corrected chi connectivity index (χ3v) is 7.94. The lowest BCUT2D eigenvalue weighted by atomic mass is 10.1. The number of methoxy groups -OCH3 is 1. The fourth-order valence-corrected chi connectivity index (χ4v) is 5.68. The Hall–Kier alpha value is -3.80. The Labute approximate surface area is 232 Å². The molecule has 3 heterocycles. The molecule has 5 rings (SSSR count). The van der Waals surface area contributed by atoms with E-state index in [1.165, 1.54) is 11.8 Å². The maximum Gasteiger partial charge on any atom is 0.227 e. The van der Waals surface area contributed by atoms with Crippen molar-refractivity contribution in [2.45, 2.75) is 49.6 Å². The molecule has 39 heavy (non-hydrogen) atoms. The molecule has 0 atom stereocenters. The number of hydrogen-bond acceptors (Lipinski definition) is 9. The van der Waals surface area contributed by atoms with Gasteiger partial charge in [-0.1, -0.05) is 12.8 Å². The first-order chi connectivity index (χ1) is 18.9. The second kappa shape index (κ2) is 11.9. The second-order valence-corrected chi connectivity index (χ2v) is 10.9. The van der Waals surface area contributed by atoms with Crippen molar-refractivity contribution in [2.75, 3.05) is 48.8 Å². The highest BCUT2D eigenvalue weighted by Crippen LogP contribution is 2.38. The molecule has 1 saturated heterocycles. The lowest BCUT2D eigenvalue weighted by Crippen LogP contribution is -2.48. The van der Waals surface area contributed by atoms with Crippen LogP contribution in [0.15, 0.2) is 40.4 Å². The number of rotatable bonds is 8. The molecule has 2 amide bonds. The Balaban J connectivity index is 1.38. The Morgan fingerprint density at radius 3 is 2.41 bits per heavy atom. The molecule has 1 aliphatic carbocycles. The van der Waals surface area contributed by atoms with Crippen LogP contribution in [-0.2, 0) is 9.59 Å². The van der Waals surface area contributed by atoms with Crippen LogP contribution in [0, 0.1) is 12.8 Å². The number of aryl methyl sites for hydroxylation is 1. The number of aromatic amines is 1. The molecule has 2 fully saturated rings. The van der Waals surface area contributed by atoms with Crippen LogP contribution >= 0.6 is 11.8 Å². The summed E-state index contributed by atoms with van der Waals surface area (Å²) in [6, 6.07) is 9.62. The number of hydrogen-bond donors (Lipinski definition) is 3. The van der Waals surface area contributed by atoms with Gasteiger partial charge in [-0.2, -0.15) is 5.10 Å². The summed E-state index contributed by atoms with van der Waals surface area (Å²) < 4.78 is 5.79. The molecular weight excluding hydrogens is 516 g/mol. The summed E-state index contributed by atoms with van der Waals surface area (Å²) in [5.41, 5.74) is 1.70. The minimum atomic E-state index is 0.0692. The summed E-state index contributed by atoms with van der Waals surface area (Å²) in [5, 5.41) is 14.1. The van der Waals surface area contributed by atoms with Crippen molar-refractivity contribution in [1.82, 2.24) is 25.1 Å². The van der Waals surface area contributed by atoms with E-state index in [0.717, 1.165) is 42.0 Å². The van der Waals surface area contributed by atoms with Gasteiger partial charge in [0.05, 0.1) is 7.11 Å². The minimum absolute atomic E-state index is 0.0692. The van der Waals surface area contributed by atoms with Crippen LogP contribution in [-0.4, -0.2) is 70.2 Å². The van der Waals surface area contributed by atoms with E-state index in [2.05, 4.69) is 25.7 Å². The van der Waals surface area contributed by atoms with Crippen LogP contribution in [0.1, 0.15) is 38.3 Å². The van der Waals surface area contributed by atoms with E-state index in [1.807, 2.05) is 42.2 Å². The summed E-state index contributed by atoms with van der Waals surface area (Å²) in [7, 11) is 1.60. The quantitative estimate of drug-likeness (QED) is 0.353. The van der Waals surface area contributed by atoms with E-state index in [1.54, 1.807) is 14.0 Å². The van der Waals surface area contributed by atoms with E-state index >= 15 is 0 Å². The van der Waals surface area contributed by atoms with Gasteiger partial charge < -0.3 is 25.2 Å². The number of nitrogens with one attached hydrogen (secondary N) is 3. The molecule has 1 aromatic carbocycles. The third kappa shape index (κ3) is 6.44. The van der Waals surface area contributed by atoms with Crippen molar-refractivity contribution in [3.05, 3.63) is 36.0 Å². The van der Waals surface area contributed by atoms with Crippen molar-refractivity contribution in [3.63, 3.8) is 0 Å². The Morgan fingerprint density at radius 1 is 1.08 bits per heavy atom. The van der Waals surface area contributed by atoms with Crippen molar-refractivity contribution in [1.29, 1.82) is 0 Å². The fourth-order valence-electron chi connectivity index (χ4n) is 4.93. The SMILES string of the molecule is COc1c(Nc2cc(C)[nH]n2)nc(Sc2ccc(NC(=O)C3CCCC3)cc2)nc1N1CCN(C(C)=O)CC1. The zero-order valence-corrected chi connectivity index (χ0v) is 23.3. The van der Waals surface area contributed by atoms with Crippen LogP contribution < -0.4 is 20.3 Å². The smallest absolute Gasteiger partial charge is 0.227 e. The number of H-pyrrole nitrogens is 1. The molecule has 1 aliphatic heterocycles. The van der Waals surface area contributed by atoms with Gasteiger partial charge in [0.25, 0.3) is 0 Å². The molecule has 2 aromatic heterocycles. The summed E-state index contributed by atoms with van der Waals surface area (Å²) in [4.78, 5) is 38.9. The van der Waals surface area contributed by atoms with Gasteiger partial charge in [-0.15, -0.1) is 0 Å². The highest BCUT2D eigenvalue weighted by molar-refractivity contribution is 7.99. The first kappa shape index (κ1) is 26.8. The average Bonchev–Trinajstić information content (AvgIpc) is 3.62. The second-order valence-electron chi connectivity index (χ2n) is 9.86. The Bertz CT molecular complexity index is 1320. The van der Waals surface area contributed by atoms with Gasteiger partial charge in [-0.25, -0.2) is 9.97 Å². The van der Waals surface area contributed by atoms with Gasteiger partial charge in [-0.3, -0.25) is 14.7 Å². The lowest BCUT2D eigenvalue weighted by molar-refractivity contribution is -0.129. The topological polar surface area (TPSA) is 128 Å². The molecule has 1 saturated carbocycles. The van der Waals surface area contributed by atoms with Gasteiger partial charge in [0, 0.05) is 61.4 Å². The zero-order chi connectivity index (χ0) is 27.4. The normalized spacial score (nSPS) is 15.9. The van der Waals surface area contributed by atoms with E-state index < -0.39 is 0 Å². The maximum absolute atomic E-state index is 12.5. The Morgan fingerprint density at radius 2 is 1.79 bits per heavy atom. The van der Waals surface area contributed by atoms with Crippen molar-refractivity contribution < 1.29 is 14.3 Å². The average molecular weight is 551 g/mol. The molecule has 0 spiro atoms. The summed E-state index contributed by atoms with van der Waals surface area (Å²) >= 11 is 1.42. The molecule has 0 unspecified atom stereocenters. The largest absolute Gasteiger partial charge is 0.490 e. The molecule has 3 N–H and O–H groups in total. The van der Waals surface area contributed by atoms with Crippen LogP contribution in [0.5, 0.6) is 5.75 Å². The number of anilines is 4. The molecule has 206 valence electrons. The molecule has 0 bridgehead atoms. The highest BCUT2D eigenvalue weighted by Gasteiger charge is 2.26. The number of piperazine rings is 1. The minimum Gasteiger partial charge on any atom is -0.490 e. The van der Waals surface area contributed by atoms with E-state index in [-0.39, 0.29) is 17.7 Å². The molecule has 2 aliphatic rings. The first-order valence-corrected chi connectivity index (χ1v) is 14.1. The van der Waals surface area contributed by atoms with Crippen LogP contribution in [0.25, 0.3) is 0 Å². The van der Waals surface area contributed by atoms with Crippen LogP contribution in [0.4, 0.5) is 23.1 Å². The number of carbonyl (C=O) groups is 2. The van der Waals surface area contributed by atoms with E-state index in [0.29, 0.717) is 54.5 Å². The summed E-state index contributed by atoms with van der Waals surface area (Å²) in [6.07, 6.45) is 4.19. The zero-order valence-electron chi connectivity index (χ0n) is 22.5. The number of carbonyl (C=O) groups excluding carboxylic acids is 2. The summed E-state index contributed by atoms with van der Waals surface area (Å²) in [6.45, 7) is 6.01. The Kier molecular flexibility index (Phi) is 8.20. The molecule has 3 aromatic rings. The van der Waals surface area contributed by atoms with Crippen LogP contribution in [0.2, 0.25) is 0 Å². The standard InChI is InChI=1S/C27H34N8O3S/c1-17-16-22(33-32-17)29-24-23(38-3)25(35-14-12-34(13-15-35)18(2)36)31-27(30-24)39-21-10-8-20(9-11-21)28-26(37)19-6-4-5-7-19/h8-11,16,19H,4-7,12-15H2,1-3H3,(H,28,37)(H2,29,30,31,32,33). The third-order valence-electron chi connectivity index (χ3n) is 7.07. The van der Waals surface area contributed by atoms with Crippen molar-refractivity contribution in [2.24, 2.45) is 5.92 Å². The number of benzene rings is 1. The maximum atomic E-state index is 12.5. The van der Waals surface area contributed by atoms with Crippen molar-refractivity contribution in [3.8, 4) is 5.75 Å². The highest BCUT2D eigenvalue weighted by atomic mass is 32.2. The fraction of sp³-hybridized carbons (Fsp3) is 0.444. The molecule has 0 radical (unpaired) electrons. The van der Waals surface area contributed by atoms with Gasteiger partial charge in [0.2, 0.25) is 17.6 Å². The number of nitrogens with zero attached hydrogens (tertiary/aromatic N) is 5. The number of ether oxygens (including phenoxy) is 1. The van der Waals surface area contributed by atoms with E-state index in [9.17, 15) is 9.59 Å². The van der Waals surface area contributed by atoms with Crippen molar-refractivity contribution >= 4 is 46.7 Å². The predicted octanol–water partition coefficient (Wildman–Crippen LogP) is 4.21. The van der Waals surface area contributed by atoms with Gasteiger partial charge in [0.1, 0.15) is 0 Å². The first-order valence-electron chi connectivity index (χ1n) is 13.2. The van der Waals surface area contributed by atoms with Gasteiger partial charge in [0.15, 0.2) is 22.6 Å². The van der Waals surface area contributed by atoms with Crippen LogP contribution in [0.3, 0.4) is 0 Å². The number of aromatic nitrogens is 4. The molecule has 11 nitrogen and oxygen atoms in total. The van der Waals surface area contributed by atoms with Gasteiger partial charge >= 0.3 is 0 Å². The molecule has 12 heteroatoms. The monoisotopic (exact) mass is 550 g/mol. The molecular formula is C27H34N8O3S. The predicted molar refractivity (Wildman–Crippen MR) is 151 cm³/mol. The van der Waals surface area contributed by atoms with Gasteiger partial charge in [-0.05, 0) is 55.8 Å². The number of amides is 2. The summed E-state index contributed by atoms with van der Waals surface area (Å²) in [5.74, 6) is 2.59. The lowest BCUT2D eigenvalue weighted by Gasteiger charge is -2.35.